The van der Waals surface area contributed by atoms with Crippen LogP contribution in [0.2, 0.25) is 0 Å². The highest BCUT2D eigenvalue weighted by Crippen LogP contribution is 2.38. The van der Waals surface area contributed by atoms with Crippen LogP contribution in [0, 0.1) is 11.6 Å². The van der Waals surface area contributed by atoms with Crippen LogP contribution in [-0.2, 0) is 19.6 Å². The van der Waals surface area contributed by atoms with Crippen LogP contribution in [0.5, 0.6) is 11.5 Å². The molecule has 0 fully saturated rings. The third-order valence-corrected chi connectivity index (χ3v) is 5.44. The molecule has 0 N–H and O–H groups in total. The van der Waals surface area contributed by atoms with Crippen molar-refractivity contribution < 1.29 is 22.7 Å². The molecule has 158 valence electrons. The zero-order chi connectivity index (χ0) is 21.4. The van der Waals surface area contributed by atoms with Crippen molar-refractivity contribution in [1.29, 1.82) is 0 Å². The van der Waals surface area contributed by atoms with E-state index >= 15 is 0 Å². The Kier molecular flexibility index (Phi) is 4.94. The van der Waals surface area contributed by atoms with E-state index in [0.29, 0.717) is 54.7 Å². The Bertz CT molecular complexity index is 1240. The van der Waals surface area contributed by atoms with Crippen molar-refractivity contribution in [2.75, 3.05) is 18.6 Å². The highest BCUT2D eigenvalue weighted by atomic mass is 19.1. The van der Waals surface area contributed by atoms with Gasteiger partial charge in [-0.3, -0.25) is 0 Å². The zero-order valence-electron chi connectivity index (χ0n) is 16.9. The number of benzene rings is 3. The smallest absolute Gasteiger partial charge is 0.298 e. The lowest BCUT2D eigenvalue weighted by molar-refractivity contribution is 0.280. The van der Waals surface area contributed by atoms with Crippen LogP contribution < -0.4 is 14.4 Å². The number of rotatable bonds is 5. The summed E-state index contributed by atoms with van der Waals surface area (Å²) in [5.41, 5.74) is 4.07. The summed E-state index contributed by atoms with van der Waals surface area (Å²) in [4.78, 5) is 6.52. The number of anilines is 1. The molecule has 5 nitrogen and oxygen atoms in total. The number of ether oxygens (including phenoxy) is 2. The van der Waals surface area contributed by atoms with E-state index < -0.39 is 0 Å². The molecule has 3 aromatic carbocycles. The van der Waals surface area contributed by atoms with Gasteiger partial charge >= 0.3 is 0 Å². The van der Waals surface area contributed by atoms with Gasteiger partial charge in [0.25, 0.3) is 6.01 Å². The molecular formula is C24H20F2N2O3. The fourth-order valence-corrected chi connectivity index (χ4v) is 3.84. The number of fused-ring (bicyclic) bond motifs is 2. The van der Waals surface area contributed by atoms with Crippen molar-refractivity contribution in [1.82, 2.24) is 4.98 Å². The van der Waals surface area contributed by atoms with Gasteiger partial charge in [0.1, 0.15) is 23.8 Å². The standard InChI is InChI=1S/C24H20F2N2O3/c1-29-21-9-4-16-13-28(24-27-20-8-7-18(26)12-22(20)31-24)11-10-19(16)23(21)30-14-15-2-5-17(25)6-3-15/h2-9,12H,10-11,13-14H2,1H3. The van der Waals surface area contributed by atoms with E-state index in [2.05, 4.69) is 4.98 Å². The summed E-state index contributed by atoms with van der Waals surface area (Å²) < 4.78 is 44.0. The zero-order valence-corrected chi connectivity index (χ0v) is 16.9. The normalized spacial score (nSPS) is 13.3. The SMILES string of the molecule is COc1ccc2c(c1OCc1ccc(F)cc1)CCN(c1nc3ccc(F)cc3o1)C2. The maximum atomic E-state index is 13.5. The summed E-state index contributed by atoms with van der Waals surface area (Å²) in [5, 5.41) is 0. The Hall–Kier alpha value is -3.61. The molecule has 0 saturated heterocycles. The van der Waals surface area contributed by atoms with Gasteiger partial charge in [-0.15, -0.1) is 0 Å². The molecule has 5 rings (SSSR count). The summed E-state index contributed by atoms with van der Waals surface area (Å²) in [6.07, 6.45) is 0.707. The number of aromatic nitrogens is 1. The Balaban J connectivity index is 1.40. The van der Waals surface area contributed by atoms with E-state index in [-0.39, 0.29) is 11.6 Å². The predicted octanol–water partition coefficient (Wildman–Crippen LogP) is 5.26. The van der Waals surface area contributed by atoms with Crippen LogP contribution in [0.3, 0.4) is 0 Å². The summed E-state index contributed by atoms with van der Waals surface area (Å²) in [5.74, 6) is 0.727. The number of hydrogen-bond donors (Lipinski definition) is 0. The van der Waals surface area contributed by atoms with E-state index in [9.17, 15) is 8.78 Å². The lowest BCUT2D eigenvalue weighted by Crippen LogP contribution is -2.31. The monoisotopic (exact) mass is 422 g/mol. The number of oxazole rings is 1. The van der Waals surface area contributed by atoms with Crippen LogP contribution in [0.1, 0.15) is 16.7 Å². The Morgan fingerprint density at radius 1 is 1.03 bits per heavy atom. The van der Waals surface area contributed by atoms with Crippen LogP contribution in [0.4, 0.5) is 14.8 Å². The minimum atomic E-state index is -0.353. The molecule has 0 bridgehead atoms. The molecule has 0 unspecified atom stereocenters. The van der Waals surface area contributed by atoms with Crippen molar-refractivity contribution in [3.63, 3.8) is 0 Å². The van der Waals surface area contributed by atoms with Crippen LogP contribution in [0.25, 0.3) is 11.1 Å². The van der Waals surface area contributed by atoms with Gasteiger partial charge in [0.05, 0.1) is 7.11 Å². The number of methoxy groups -OCH3 is 1. The summed E-state index contributed by atoms with van der Waals surface area (Å²) in [6, 6.07) is 14.9. The summed E-state index contributed by atoms with van der Waals surface area (Å²) >= 11 is 0. The third kappa shape index (κ3) is 3.79. The highest BCUT2D eigenvalue weighted by Gasteiger charge is 2.25. The van der Waals surface area contributed by atoms with E-state index in [1.807, 2.05) is 17.0 Å². The van der Waals surface area contributed by atoms with Gasteiger partial charge in [-0.2, -0.15) is 4.98 Å². The quantitative estimate of drug-likeness (QED) is 0.439. The fourth-order valence-electron chi connectivity index (χ4n) is 3.84. The first kappa shape index (κ1) is 19.4. The van der Waals surface area contributed by atoms with Crippen LogP contribution >= 0.6 is 0 Å². The topological polar surface area (TPSA) is 47.7 Å². The number of hydrogen-bond acceptors (Lipinski definition) is 5. The van der Waals surface area contributed by atoms with Gasteiger partial charge in [-0.25, -0.2) is 8.78 Å². The first-order valence-electron chi connectivity index (χ1n) is 9.98. The molecule has 4 aromatic rings. The molecular weight excluding hydrogens is 402 g/mol. The Morgan fingerprint density at radius 3 is 2.65 bits per heavy atom. The second kappa shape index (κ2) is 7.91. The van der Waals surface area contributed by atoms with Gasteiger partial charge in [0.2, 0.25) is 0 Å². The van der Waals surface area contributed by atoms with Crippen LogP contribution in [-0.4, -0.2) is 18.6 Å². The molecule has 0 atom stereocenters. The van der Waals surface area contributed by atoms with Crippen molar-refractivity contribution >= 4 is 17.1 Å². The molecule has 1 aliphatic heterocycles. The average Bonchev–Trinajstić information content (AvgIpc) is 3.21. The predicted molar refractivity (Wildman–Crippen MR) is 112 cm³/mol. The maximum Gasteiger partial charge on any atom is 0.298 e. The van der Waals surface area contributed by atoms with Crippen molar-refractivity contribution in [3.8, 4) is 11.5 Å². The number of nitrogens with zero attached hydrogens (tertiary/aromatic N) is 2. The first-order valence-corrected chi connectivity index (χ1v) is 9.98. The molecule has 0 aliphatic carbocycles. The van der Waals surface area contributed by atoms with Gasteiger partial charge in [-0.1, -0.05) is 18.2 Å². The molecule has 1 aromatic heterocycles. The lowest BCUT2D eigenvalue weighted by Gasteiger charge is -2.29. The van der Waals surface area contributed by atoms with Gasteiger partial charge in [0.15, 0.2) is 17.1 Å². The van der Waals surface area contributed by atoms with Gasteiger partial charge in [0, 0.05) is 24.7 Å². The minimum Gasteiger partial charge on any atom is -0.493 e. The van der Waals surface area contributed by atoms with E-state index in [4.69, 9.17) is 13.9 Å². The van der Waals surface area contributed by atoms with E-state index in [0.717, 1.165) is 16.7 Å². The highest BCUT2D eigenvalue weighted by molar-refractivity contribution is 5.74. The van der Waals surface area contributed by atoms with E-state index in [1.54, 1.807) is 25.3 Å². The fraction of sp³-hybridized carbons (Fsp3) is 0.208. The second-order valence-electron chi connectivity index (χ2n) is 7.43. The summed E-state index contributed by atoms with van der Waals surface area (Å²) in [7, 11) is 1.61. The summed E-state index contributed by atoms with van der Waals surface area (Å²) in [6.45, 7) is 1.57. The molecule has 0 amide bonds. The first-order chi connectivity index (χ1) is 15.1. The maximum absolute atomic E-state index is 13.5. The second-order valence-corrected chi connectivity index (χ2v) is 7.43. The Morgan fingerprint density at radius 2 is 1.84 bits per heavy atom. The molecule has 0 radical (unpaired) electrons. The molecule has 0 saturated carbocycles. The molecule has 2 heterocycles. The van der Waals surface area contributed by atoms with Crippen molar-refractivity contribution in [3.05, 3.63) is 82.9 Å². The van der Waals surface area contributed by atoms with Crippen molar-refractivity contribution in [2.45, 2.75) is 19.6 Å². The number of halogens is 2. The largest absolute Gasteiger partial charge is 0.493 e. The van der Waals surface area contributed by atoms with Crippen LogP contribution in [0.15, 0.2) is 59.0 Å². The minimum absolute atomic E-state index is 0.277. The van der Waals surface area contributed by atoms with Gasteiger partial charge < -0.3 is 18.8 Å². The molecule has 31 heavy (non-hydrogen) atoms. The molecule has 0 spiro atoms. The van der Waals surface area contributed by atoms with E-state index in [1.165, 1.54) is 24.3 Å². The van der Waals surface area contributed by atoms with Crippen molar-refractivity contribution in [2.24, 2.45) is 0 Å². The lowest BCUT2D eigenvalue weighted by atomic mass is 9.98. The average molecular weight is 422 g/mol. The third-order valence-electron chi connectivity index (χ3n) is 5.44. The molecule has 1 aliphatic rings. The Labute approximate surface area is 177 Å². The molecule has 7 heteroatoms. The van der Waals surface area contributed by atoms with Gasteiger partial charge in [-0.05, 0) is 47.9 Å².